The second kappa shape index (κ2) is 8.20. The predicted octanol–water partition coefficient (Wildman–Crippen LogP) is 4.53. The molecule has 2 aromatic heterocycles. The fourth-order valence-corrected chi connectivity index (χ4v) is 5.38. The number of fused-ring (bicyclic) bond motifs is 2. The molecule has 1 aliphatic rings. The number of benzene rings is 2. The van der Waals surface area contributed by atoms with Gasteiger partial charge in [-0.15, -0.1) is 21.5 Å². The number of nitrogens with zero attached hydrogens (tertiary/aromatic N) is 4. The standard InChI is InChI=1S/C22H20N4O2S2/c1-14-12-15-6-2-4-8-17(15)26(14)21(27)13-29-22-25-24-19(28-22)10-11-20-23-16-7-3-5-9-18(16)30-20/h2-9,14H,10-13H2,1H3. The smallest absolute Gasteiger partial charge is 0.277 e. The van der Waals surface area contributed by atoms with Crippen LogP contribution in [0.15, 0.2) is 58.2 Å². The summed E-state index contributed by atoms with van der Waals surface area (Å²) in [4.78, 5) is 19.3. The Labute approximate surface area is 182 Å². The van der Waals surface area contributed by atoms with Crippen LogP contribution in [0.4, 0.5) is 5.69 Å². The minimum Gasteiger partial charge on any atom is -0.416 e. The Morgan fingerprint density at radius 2 is 2.00 bits per heavy atom. The molecular weight excluding hydrogens is 416 g/mol. The van der Waals surface area contributed by atoms with Gasteiger partial charge >= 0.3 is 0 Å². The van der Waals surface area contributed by atoms with Crippen molar-refractivity contribution in [1.82, 2.24) is 15.2 Å². The van der Waals surface area contributed by atoms with E-state index in [9.17, 15) is 4.79 Å². The van der Waals surface area contributed by atoms with E-state index in [-0.39, 0.29) is 17.7 Å². The number of carbonyl (C=O) groups excluding carboxylic acids is 1. The maximum atomic E-state index is 12.8. The molecule has 0 fully saturated rings. The highest BCUT2D eigenvalue weighted by molar-refractivity contribution is 7.99. The number of hydrogen-bond acceptors (Lipinski definition) is 7. The summed E-state index contributed by atoms with van der Waals surface area (Å²) in [6.45, 7) is 2.08. The summed E-state index contributed by atoms with van der Waals surface area (Å²) in [6.07, 6.45) is 2.29. The molecule has 0 spiro atoms. The van der Waals surface area contributed by atoms with E-state index in [1.54, 1.807) is 11.3 Å². The summed E-state index contributed by atoms with van der Waals surface area (Å²) >= 11 is 2.98. The highest BCUT2D eigenvalue weighted by atomic mass is 32.2. The second-order valence-electron chi connectivity index (χ2n) is 7.27. The number of anilines is 1. The van der Waals surface area contributed by atoms with Crippen molar-refractivity contribution < 1.29 is 9.21 Å². The van der Waals surface area contributed by atoms with Crippen LogP contribution >= 0.6 is 23.1 Å². The van der Waals surface area contributed by atoms with E-state index < -0.39 is 0 Å². The summed E-state index contributed by atoms with van der Waals surface area (Å²) < 4.78 is 6.92. The molecule has 30 heavy (non-hydrogen) atoms. The van der Waals surface area contributed by atoms with Crippen LogP contribution in [-0.4, -0.2) is 32.9 Å². The Morgan fingerprint density at radius 3 is 2.90 bits per heavy atom. The van der Waals surface area contributed by atoms with E-state index in [0.717, 1.165) is 29.1 Å². The van der Waals surface area contributed by atoms with Crippen molar-refractivity contribution >= 4 is 44.9 Å². The first-order valence-electron chi connectivity index (χ1n) is 9.87. The van der Waals surface area contributed by atoms with Gasteiger partial charge < -0.3 is 9.32 Å². The van der Waals surface area contributed by atoms with Crippen LogP contribution in [0.1, 0.15) is 23.4 Å². The summed E-state index contributed by atoms with van der Waals surface area (Å²) in [5.74, 6) is 0.911. The molecule has 4 aromatic rings. The van der Waals surface area contributed by atoms with E-state index in [1.165, 1.54) is 22.0 Å². The Kier molecular flexibility index (Phi) is 5.26. The van der Waals surface area contributed by atoms with Gasteiger partial charge in [0.25, 0.3) is 5.22 Å². The third-order valence-electron chi connectivity index (χ3n) is 5.13. The molecule has 152 valence electrons. The Balaban J connectivity index is 1.18. The lowest BCUT2D eigenvalue weighted by Crippen LogP contribution is -2.36. The number of thiazole rings is 1. The monoisotopic (exact) mass is 436 g/mol. The van der Waals surface area contributed by atoms with Gasteiger partial charge in [0.15, 0.2) is 0 Å². The lowest BCUT2D eigenvalue weighted by Gasteiger charge is -2.22. The van der Waals surface area contributed by atoms with Crippen molar-refractivity contribution in [2.45, 2.75) is 37.5 Å². The van der Waals surface area contributed by atoms with Gasteiger partial charge in [-0.3, -0.25) is 4.79 Å². The van der Waals surface area contributed by atoms with Gasteiger partial charge in [-0.1, -0.05) is 42.1 Å². The zero-order valence-electron chi connectivity index (χ0n) is 16.4. The first kappa shape index (κ1) is 19.3. The van der Waals surface area contributed by atoms with Crippen molar-refractivity contribution in [3.63, 3.8) is 0 Å². The SMILES string of the molecule is CC1Cc2ccccc2N1C(=O)CSc1nnc(CCc2nc3ccccc3s2)o1. The molecule has 0 saturated carbocycles. The molecule has 3 heterocycles. The van der Waals surface area contributed by atoms with E-state index in [4.69, 9.17) is 4.42 Å². The molecule has 1 atom stereocenters. The number of amides is 1. The summed E-state index contributed by atoms with van der Waals surface area (Å²) in [7, 11) is 0. The molecule has 5 rings (SSSR count). The fourth-order valence-electron chi connectivity index (χ4n) is 3.78. The molecule has 0 saturated heterocycles. The van der Waals surface area contributed by atoms with Crippen LogP contribution in [0.5, 0.6) is 0 Å². The number of para-hydroxylation sites is 2. The van der Waals surface area contributed by atoms with Crippen LogP contribution in [0.3, 0.4) is 0 Å². The van der Waals surface area contributed by atoms with Crippen LogP contribution < -0.4 is 4.90 Å². The fraction of sp³-hybridized carbons (Fsp3) is 0.273. The third kappa shape index (κ3) is 3.85. The highest BCUT2D eigenvalue weighted by Crippen LogP contribution is 2.32. The molecule has 1 unspecified atom stereocenters. The number of aromatic nitrogens is 3. The Morgan fingerprint density at radius 1 is 1.17 bits per heavy atom. The summed E-state index contributed by atoms with van der Waals surface area (Å²) in [6, 6.07) is 16.4. The van der Waals surface area contributed by atoms with E-state index in [2.05, 4.69) is 34.2 Å². The first-order valence-corrected chi connectivity index (χ1v) is 11.7. The second-order valence-corrected chi connectivity index (χ2v) is 9.31. The van der Waals surface area contributed by atoms with Crippen molar-refractivity contribution in [1.29, 1.82) is 0 Å². The van der Waals surface area contributed by atoms with Crippen molar-refractivity contribution in [3.05, 3.63) is 65.0 Å². The molecular formula is C22H20N4O2S2. The largest absolute Gasteiger partial charge is 0.416 e. The van der Waals surface area contributed by atoms with Crippen molar-refractivity contribution in [2.75, 3.05) is 10.7 Å². The lowest BCUT2D eigenvalue weighted by molar-refractivity contribution is -0.116. The number of thioether (sulfide) groups is 1. The maximum Gasteiger partial charge on any atom is 0.277 e. The van der Waals surface area contributed by atoms with Gasteiger partial charge in [-0.25, -0.2) is 4.98 Å². The minimum atomic E-state index is 0.0617. The number of carbonyl (C=O) groups is 1. The van der Waals surface area contributed by atoms with Gasteiger partial charge in [0.2, 0.25) is 11.8 Å². The zero-order chi connectivity index (χ0) is 20.5. The molecule has 6 nitrogen and oxygen atoms in total. The lowest BCUT2D eigenvalue weighted by atomic mass is 10.1. The number of hydrogen-bond donors (Lipinski definition) is 0. The van der Waals surface area contributed by atoms with Crippen LogP contribution in [0, 0.1) is 0 Å². The molecule has 1 amide bonds. The topological polar surface area (TPSA) is 72.1 Å². The maximum absolute atomic E-state index is 12.8. The highest BCUT2D eigenvalue weighted by Gasteiger charge is 2.30. The van der Waals surface area contributed by atoms with Gasteiger partial charge in [-0.05, 0) is 37.1 Å². The van der Waals surface area contributed by atoms with Gasteiger partial charge in [0.05, 0.1) is 21.0 Å². The molecule has 8 heteroatoms. The molecule has 0 aliphatic carbocycles. The quantitative estimate of drug-likeness (QED) is 0.414. The molecule has 1 aliphatic heterocycles. The minimum absolute atomic E-state index is 0.0617. The first-order chi connectivity index (χ1) is 14.7. The Hall–Kier alpha value is -2.71. The van der Waals surface area contributed by atoms with E-state index in [1.807, 2.05) is 41.3 Å². The van der Waals surface area contributed by atoms with Gasteiger partial charge in [0.1, 0.15) is 0 Å². The van der Waals surface area contributed by atoms with Gasteiger partial charge in [0, 0.05) is 24.6 Å². The molecule has 0 N–H and O–H groups in total. The van der Waals surface area contributed by atoms with Gasteiger partial charge in [-0.2, -0.15) is 0 Å². The molecule has 0 radical (unpaired) electrons. The molecule has 2 aromatic carbocycles. The zero-order valence-corrected chi connectivity index (χ0v) is 18.1. The van der Waals surface area contributed by atoms with Crippen LogP contribution in [0.2, 0.25) is 0 Å². The average Bonchev–Trinajstić information content (AvgIpc) is 3.46. The van der Waals surface area contributed by atoms with Crippen molar-refractivity contribution in [2.24, 2.45) is 0 Å². The average molecular weight is 437 g/mol. The predicted molar refractivity (Wildman–Crippen MR) is 119 cm³/mol. The van der Waals surface area contributed by atoms with Crippen molar-refractivity contribution in [3.8, 4) is 0 Å². The number of aryl methyl sites for hydroxylation is 2. The van der Waals surface area contributed by atoms with Crippen LogP contribution in [0.25, 0.3) is 10.2 Å². The Bertz CT molecular complexity index is 1170. The third-order valence-corrected chi connectivity index (χ3v) is 7.03. The summed E-state index contributed by atoms with van der Waals surface area (Å²) in [5.41, 5.74) is 3.26. The van der Waals surface area contributed by atoms with E-state index >= 15 is 0 Å². The number of rotatable bonds is 6. The van der Waals surface area contributed by atoms with E-state index in [0.29, 0.717) is 17.5 Å². The van der Waals surface area contributed by atoms with Crippen LogP contribution in [-0.2, 0) is 24.1 Å². The summed E-state index contributed by atoms with van der Waals surface area (Å²) in [5, 5.41) is 9.71. The normalized spacial score (nSPS) is 15.6. The molecule has 0 bridgehead atoms.